The molecule has 0 aliphatic carbocycles. The van der Waals surface area contributed by atoms with E-state index in [1.54, 1.807) is 0 Å². The van der Waals surface area contributed by atoms with Crippen LogP contribution in [0.15, 0.2) is 24.4 Å². The van der Waals surface area contributed by atoms with Gasteiger partial charge in [0.25, 0.3) is 0 Å². The van der Waals surface area contributed by atoms with E-state index in [0.29, 0.717) is 25.5 Å². The van der Waals surface area contributed by atoms with Crippen molar-refractivity contribution in [3.05, 3.63) is 46.8 Å². The predicted octanol–water partition coefficient (Wildman–Crippen LogP) is 2.94. The van der Waals surface area contributed by atoms with E-state index < -0.39 is 0 Å². The summed E-state index contributed by atoms with van der Waals surface area (Å²) in [5, 5.41) is 7.11. The number of nitrogens with zero attached hydrogens (tertiary/aromatic N) is 2. The Morgan fingerprint density at radius 3 is 2.87 bits per heavy atom. The Morgan fingerprint density at radius 2 is 2.13 bits per heavy atom. The Hall–Kier alpha value is -2.30. The van der Waals surface area contributed by atoms with Crippen LogP contribution in [-0.4, -0.2) is 34.2 Å². The van der Waals surface area contributed by atoms with E-state index in [-0.39, 0.29) is 5.91 Å². The summed E-state index contributed by atoms with van der Waals surface area (Å²) in [5.74, 6) is 1.32. The summed E-state index contributed by atoms with van der Waals surface area (Å²) >= 11 is 0. The Kier molecular flexibility index (Phi) is 4.37. The van der Waals surface area contributed by atoms with Crippen molar-refractivity contribution in [3.8, 4) is 5.75 Å². The van der Waals surface area contributed by atoms with Crippen LogP contribution < -0.4 is 4.74 Å². The minimum Gasteiger partial charge on any atom is -0.493 e. The van der Waals surface area contributed by atoms with Crippen molar-refractivity contribution in [1.29, 1.82) is 0 Å². The van der Waals surface area contributed by atoms with Crippen LogP contribution in [0.4, 0.5) is 0 Å². The van der Waals surface area contributed by atoms with Crippen molar-refractivity contribution in [2.45, 2.75) is 39.7 Å². The number of aromatic nitrogens is 2. The number of carbonyl (C=O) groups excluding carboxylic acids is 1. The molecule has 0 spiro atoms. The first-order valence-electron chi connectivity index (χ1n) is 8.05. The molecule has 3 rings (SSSR count). The number of nitrogens with one attached hydrogen (secondary N) is 1. The molecule has 2 heterocycles. The number of rotatable bonds is 4. The van der Waals surface area contributed by atoms with E-state index in [4.69, 9.17) is 4.74 Å². The van der Waals surface area contributed by atoms with Crippen LogP contribution in [0.2, 0.25) is 0 Å². The van der Waals surface area contributed by atoms with Crippen molar-refractivity contribution < 1.29 is 9.53 Å². The standard InChI is InChI=1S/C18H23N3O2/c1-12-5-4-6-13(2)18(12)23-8-7-16(22)21-10-14(3)17-15(11-21)9-19-20-17/h4-6,9,14H,7-8,10-11H2,1-3H3,(H,19,20). The Labute approximate surface area is 136 Å². The number of H-pyrrole nitrogens is 1. The molecule has 23 heavy (non-hydrogen) atoms. The lowest BCUT2D eigenvalue weighted by Gasteiger charge is -2.30. The molecule has 122 valence electrons. The molecule has 1 aromatic carbocycles. The van der Waals surface area contributed by atoms with Crippen molar-refractivity contribution >= 4 is 5.91 Å². The molecule has 1 atom stereocenters. The number of hydrogen-bond acceptors (Lipinski definition) is 3. The number of aromatic amines is 1. The monoisotopic (exact) mass is 313 g/mol. The Balaban J connectivity index is 1.56. The molecule has 5 nitrogen and oxygen atoms in total. The van der Waals surface area contributed by atoms with Gasteiger partial charge in [0.15, 0.2) is 0 Å². The first-order chi connectivity index (χ1) is 11.1. The van der Waals surface area contributed by atoms with Crippen LogP contribution >= 0.6 is 0 Å². The number of para-hydroxylation sites is 1. The fourth-order valence-electron chi connectivity index (χ4n) is 3.18. The number of fused-ring (bicyclic) bond motifs is 1. The molecule has 0 saturated heterocycles. The van der Waals surface area contributed by atoms with E-state index in [0.717, 1.165) is 34.7 Å². The lowest BCUT2D eigenvalue weighted by molar-refractivity contribution is -0.133. The smallest absolute Gasteiger partial charge is 0.226 e. The summed E-state index contributed by atoms with van der Waals surface area (Å²) in [5.41, 5.74) is 4.48. The summed E-state index contributed by atoms with van der Waals surface area (Å²) < 4.78 is 5.84. The average molecular weight is 313 g/mol. The van der Waals surface area contributed by atoms with Gasteiger partial charge < -0.3 is 9.64 Å². The molecule has 2 aromatic rings. The Bertz CT molecular complexity index is 688. The van der Waals surface area contributed by atoms with Crippen LogP contribution in [-0.2, 0) is 11.3 Å². The largest absolute Gasteiger partial charge is 0.493 e. The molecule has 1 unspecified atom stereocenters. The van der Waals surface area contributed by atoms with Gasteiger partial charge in [0.05, 0.1) is 19.2 Å². The first kappa shape index (κ1) is 15.6. The maximum Gasteiger partial charge on any atom is 0.226 e. The molecule has 0 radical (unpaired) electrons. The molecule has 1 aliphatic heterocycles. The third-order valence-corrected chi connectivity index (χ3v) is 4.42. The number of carbonyl (C=O) groups is 1. The number of aryl methyl sites for hydroxylation is 2. The van der Waals surface area contributed by atoms with Crippen LogP contribution in [0.1, 0.15) is 41.6 Å². The minimum absolute atomic E-state index is 0.134. The van der Waals surface area contributed by atoms with Crippen molar-refractivity contribution in [2.75, 3.05) is 13.2 Å². The van der Waals surface area contributed by atoms with Crippen molar-refractivity contribution in [3.63, 3.8) is 0 Å². The van der Waals surface area contributed by atoms with E-state index in [1.165, 1.54) is 0 Å². The lowest BCUT2D eigenvalue weighted by atomic mass is 9.98. The molecular weight excluding hydrogens is 290 g/mol. The molecule has 0 saturated carbocycles. The van der Waals surface area contributed by atoms with Gasteiger partial charge in [-0.1, -0.05) is 25.1 Å². The fraction of sp³-hybridized carbons (Fsp3) is 0.444. The predicted molar refractivity (Wildman–Crippen MR) is 88.4 cm³/mol. The zero-order valence-corrected chi connectivity index (χ0v) is 13.9. The number of amides is 1. The van der Waals surface area contributed by atoms with E-state index in [9.17, 15) is 4.79 Å². The molecule has 5 heteroatoms. The lowest BCUT2D eigenvalue weighted by Crippen LogP contribution is -2.37. The van der Waals surface area contributed by atoms with Gasteiger partial charge in [-0.25, -0.2) is 0 Å². The molecule has 1 N–H and O–H groups in total. The maximum atomic E-state index is 12.5. The van der Waals surface area contributed by atoms with Crippen LogP contribution in [0.25, 0.3) is 0 Å². The topological polar surface area (TPSA) is 58.2 Å². The average Bonchev–Trinajstić information content (AvgIpc) is 2.99. The summed E-state index contributed by atoms with van der Waals surface area (Å²) in [7, 11) is 0. The Morgan fingerprint density at radius 1 is 1.39 bits per heavy atom. The van der Waals surface area contributed by atoms with Crippen molar-refractivity contribution in [1.82, 2.24) is 15.1 Å². The summed E-state index contributed by atoms with van der Waals surface area (Å²) in [6, 6.07) is 6.06. The number of ether oxygens (including phenoxy) is 1. The highest BCUT2D eigenvalue weighted by Gasteiger charge is 2.26. The van der Waals surface area contributed by atoms with Crippen molar-refractivity contribution in [2.24, 2.45) is 0 Å². The quantitative estimate of drug-likeness (QED) is 0.944. The molecule has 0 fully saturated rings. The number of hydrogen-bond donors (Lipinski definition) is 1. The van der Waals surface area contributed by atoms with Gasteiger partial charge in [0.2, 0.25) is 5.91 Å². The van der Waals surface area contributed by atoms with Gasteiger partial charge in [0, 0.05) is 30.3 Å². The van der Waals surface area contributed by atoms with Crippen LogP contribution in [0, 0.1) is 13.8 Å². The molecule has 0 bridgehead atoms. The van der Waals surface area contributed by atoms with Crippen LogP contribution in [0.5, 0.6) is 5.75 Å². The van der Waals surface area contributed by atoms with E-state index in [1.807, 2.05) is 43.1 Å². The van der Waals surface area contributed by atoms with E-state index >= 15 is 0 Å². The molecule has 1 amide bonds. The zero-order chi connectivity index (χ0) is 16.4. The van der Waals surface area contributed by atoms with Gasteiger partial charge in [-0.05, 0) is 25.0 Å². The fourth-order valence-corrected chi connectivity index (χ4v) is 3.18. The summed E-state index contributed by atoms with van der Waals surface area (Å²) in [4.78, 5) is 14.4. The van der Waals surface area contributed by atoms with Gasteiger partial charge in [-0.3, -0.25) is 9.89 Å². The second-order valence-electron chi connectivity index (χ2n) is 6.30. The second kappa shape index (κ2) is 6.44. The van der Waals surface area contributed by atoms with Gasteiger partial charge in [0.1, 0.15) is 5.75 Å². The highest BCUT2D eigenvalue weighted by molar-refractivity contribution is 5.76. The minimum atomic E-state index is 0.134. The van der Waals surface area contributed by atoms with Gasteiger partial charge in [-0.2, -0.15) is 5.10 Å². The third kappa shape index (κ3) is 3.23. The SMILES string of the molecule is Cc1cccc(C)c1OCCC(=O)N1Cc2cn[nH]c2C(C)C1. The zero-order valence-electron chi connectivity index (χ0n) is 13.9. The molecule has 1 aromatic heterocycles. The summed E-state index contributed by atoms with van der Waals surface area (Å²) in [6.45, 7) is 7.95. The highest BCUT2D eigenvalue weighted by Crippen LogP contribution is 2.26. The first-order valence-corrected chi connectivity index (χ1v) is 8.05. The van der Waals surface area contributed by atoms with Gasteiger partial charge in [-0.15, -0.1) is 0 Å². The third-order valence-electron chi connectivity index (χ3n) is 4.42. The maximum absolute atomic E-state index is 12.5. The van der Waals surface area contributed by atoms with Crippen LogP contribution in [0.3, 0.4) is 0 Å². The molecular formula is C18H23N3O2. The highest BCUT2D eigenvalue weighted by atomic mass is 16.5. The van der Waals surface area contributed by atoms with Gasteiger partial charge >= 0.3 is 0 Å². The second-order valence-corrected chi connectivity index (χ2v) is 6.30. The normalized spacial score (nSPS) is 17.0. The van der Waals surface area contributed by atoms with E-state index in [2.05, 4.69) is 17.1 Å². The molecule has 1 aliphatic rings. The summed E-state index contributed by atoms with van der Waals surface area (Å²) in [6.07, 6.45) is 2.21. The number of benzene rings is 1.